The molecule has 1 heterocycles. The highest BCUT2D eigenvalue weighted by molar-refractivity contribution is 7.99. The van der Waals surface area contributed by atoms with Crippen molar-refractivity contribution in [2.45, 2.75) is 31.9 Å². The van der Waals surface area contributed by atoms with E-state index in [0.717, 1.165) is 13.0 Å². The van der Waals surface area contributed by atoms with Crippen LogP contribution >= 0.6 is 11.8 Å². The van der Waals surface area contributed by atoms with Gasteiger partial charge in [0, 0.05) is 24.0 Å². The van der Waals surface area contributed by atoms with Gasteiger partial charge in [0.2, 0.25) is 0 Å². The predicted octanol–water partition coefficient (Wildman–Crippen LogP) is 2.77. The first-order valence-electron chi connectivity index (χ1n) is 6.52. The lowest BCUT2D eigenvalue weighted by Crippen LogP contribution is -2.36. The number of anilines is 1. The molecule has 0 unspecified atom stereocenters. The van der Waals surface area contributed by atoms with Crippen LogP contribution in [0, 0.1) is 0 Å². The van der Waals surface area contributed by atoms with E-state index in [1.54, 1.807) is 30.1 Å². The number of hydrogen-bond acceptors (Lipinski definition) is 4. The van der Waals surface area contributed by atoms with E-state index in [0.29, 0.717) is 17.9 Å². The fourth-order valence-electron chi connectivity index (χ4n) is 1.43. The number of pyridine rings is 1. The van der Waals surface area contributed by atoms with Gasteiger partial charge in [-0.3, -0.25) is 4.79 Å². The van der Waals surface area contributed by atoms with E-state index in [4.69, 9.17) is 0 Å². The van der Waals surface area contributed by atoms with Crippen molar-refractivity contribution in [3.8, 4) is 0 Å². The molecule has 0 aromatic carbocycles. The van der Waals surface area contributed by atoms with Crippen molar-refractivity contribution in [2.24, 2.45) is 0 Å². The Hall–Kier alpha value is -1.23. The summed E-state index contributed by atoms with van der Waals surface area (Å²) in [7, 11) is 0. The van der Waals surface area contributed by atoms with E-state index in [1.165, 1.54) is 0 Å². The lowest BCUT2D eigenvalue weighted by Gasteiger charge is -2.22. The number of hydrogen-bond donors (Lipinski definition) is 2. The fourth-order valence-corrected chi connectivity index (χ4v) is 1.65. The summed E-state index contributed by atoms with van der Waals surface area (Å²) in [5, 5.41) is 6.15. The third-order valence-electron chi connectivity index (χ3n) is 2.82. The third kappa shape index (κ3) is 5.11. The van der Waals surface area contributed by atoms with Crippen LogP contribution in [0.2, 0.25) is 0 Å². The molecule has 0 saturated heterocycles. The number of aromatic nitrogens is 1. The number of nitrogens with zero attached hydrogens (tertiary/aromatic N) is 1. The largest absolute Gasteiger partial charge is 0.369 e. The van der Waals surface area contributed by atoms with E-state index in [-0.39, 0.29) is 10.7 Å². The molecule has 0 bridgehead atoms. The van der Waals surface area contributed by atoms with Crippen molar-refractivity contribution in [2.75, 3.05) is 24.7 Å². The van der Waals surface area contributed by atoms with Crippen LogP contribution < -0.4 is 10.6 Å². The highest BCUT2D eigenvalue weighted by atomic mass is 32.2. The first-order chi connectivity index (χ1) is 9.00. The Morgan fingerprint density at radius 2 is 2.21 bits per heavy atom. The molecule has 0 aliphatic heterocycles. The summed E-state index contributed by atoms with van der Waals surface area (Å²) in [6.07, 6.45) is 4.74. The van der Waals surface area contributed by atoms with Gasteiger partial charge in [-0.15, -0.1) is 0 Å². The lowest BCUT2D eigenvalue weighted by atomic mass is 10.2. The van der Waals surface area contributed by atoms with Gasteiger partial charge in [0.25, 0.3) is 5.91 Å². The molecule has 0 saturated carbocycles. The normalized spacial score (nSPS) is 11.2. The van der Waals surface area contributed by atoms with Gasteiger partial charge in [-0.25, -0.2) is 4.98 Å². The SMILES string of the molecule is CCCNc1ncccc1C(=O)NCC(C)(C)SC. The van der Waals surface area contributed by atoms with E-state index >= 15 is 0 Å². The number of thioether (sulfide) groups is 1. The minimum Gasteiger partial charge on any atom is -0.369 e. The van der Waals surface area contributed by atoms with Crippen molar-refractivity contribution in [3.63, 3.8) is 0 Å². The maximum atomic E-state index is 12.2. The zero-order valence-electron chi connectivity index (χ0n) is 12.1. The Kier molecular flexibility index (Phi) is 6.15. The second-order valence-electron chi connectivity index (χ2n) is 4.97. The Labute approximate surface area is 119 Å². The summed E-state index contributed by atoms with van der Waals surface area (Å²) in [6.45, 7) is 7.74. The van der Waals surface area contributed by atoms with Crippen LogP contribution in [0.3, 0.4) is 0 Å². The van der Waals surface area contributed by atoms with E-state index < -0.39 is 0 Å². The molecule has 19 heavy (non-hydrogen) atoms. The molecule has 2 N–H and O–H groups in total. The predicted molar refractivity (Wildman–Crippen MR) is 82.9 cm³/mol. The van der Waals surface area contributed by atoms with Crippen molar-refractivity contribution < 1.29 is 4.79 Å². The summed E-state index contributed by atoms with van der Waals surface area (Å²) >= 11 is 1.74. The topological polar surface area (TPSA) is 54.0 Å². The molecule has 1 amide bonds. The molecule has 0 atom stereocenters. The summed E-state index contributed by atoms with van der Waals surface area (Å²) in [5.41, 5.74) is 0.604. The van der Waals surface area contributed by atoms with Crippen molar-refractivity contribution in [3.05, 3.63) is 23.9 Å². The highest BCUT2D eigenvalue weighted by Crippen LogP contribution is 2.20. The highest BCUT2D eigenvalue weighted by Gasteiger charge is 2.19. The molecule has 106 valence electrons. The number of carbonyl (C=O) groups is 1. The Morgan fingerprint density at radius 3 is 2.84 bits per heavy atom. The molecule has 0 aliphatic rings. The van der Waals surface area contributed by atoms with Gasteiger partial charge in [0.05, 0.1) is 5.56 Å². The van der Waals surface area contributed by atoms with Gasteiger partial charge in [-0.1, -0.05) is 6.92 Å². The Morgan fingerprint density at radius 1 is 1.47 bits per heavy atom. The first kappa shape index (κ1) is 15.8. The molecule has 0 aliphatic carbocycles. The second-order valence-corrected chi connectivity index (χ2v) is 6.49. The van der Waals surface area contributed by atoms with Crippen molar-refractivity contribution >= 4 is 23.5 Å². The number of nitrogens with one attached hydrogen (secondary N) is 2. The Balaban J connectivity index is 2.71. The van der Waals surface area contributed by atoms with Crippen LogP contribution in [-0.4, -0.2) is 35.0 Å². The average Bonchev–Trinajstić information content (AvgIpc) is 2.43. The van der Waals surface area contributed by atoms with Crippen molar-refractivity contribution in [1.82, 2.24) is 10.3 Å². The van der Waals surface area contributed by atoms with Crippen LogP contribution in [0.1, 0.15) is 37.6 Å². The van der Waals surface area contributed by atoms with Crippen LogP contribution in [0.25, 0.3) is 0 Å². The summed E-state index contributed by atoms with van der Waals surface area (Å²) in [6, 6.07) is 3.58. The zero-order valence-corrected chi connectivity index (χ0v) is 12.9. The minimum atomic E-state index is -0.0752. The standard InChI is InChI=1S/C14H23N3OS/c1-5-8-15-12-11(7-6-9-16-12)13(18)17-10-14(2,3)19-4/h6-7,9H,5,8,10H2,1-4H3,(H,15,16)(H,17,18). The zero-order chi connectivity index (χ0) is 14.3. The molecule has 0 fully saturated rings. The molecule has 4 nitrogen and oxygen atoms in total. The smallest absolute Gasteiger partial charge is 0.255 e. The average molecular weight is 281 g/mol. The number of rotatable bonds is 7. The minimum absolute atomic E-state index is 0.0366. The second kappa shape index (κ2) is 7.38. The first-order valence-corrected chi connectivity index (χ1v) is 7.75. The lowest BCUT2D eigenvalue weighted by molar-refractivity contribution is 0.0951. The van der Waals surface area contributed by atoms with E-state index in [1.807, 2.05) is 6.26 Å². The van der Waals surface area contributed by atoms with Gasteiger partial charge < -0.3 is 10.6 Å². The van der Waals surface area contributed by atoms with Crippen LogP contribution in [-0.2, 0) is 0 Å². The van der Waals surface area contributed by atoms with E-state index in [2.05, 4.69) is 36.4 Å². The molecule has 1 aromatic rings. The summed E-state index contributed by atoms with van der Waals surface area (Å²) in [4.78, 5) is 16.4. The van der Waals surface area contributed by atoms with Gasteiger partial charge in [0.1, 0.15) is 5.82 Å². The molecule has 1 aromatic heterocycles. The Bertz CT molecular complexity index is 421. The maximum absolute atomic E-state index is 12.2. The van der Waals surface area contributed by atoms with Gasteiger partial charge in [0.15, 0.2) is 0 Å². The molecular formula is C14H23N3OS. The fraction of sp³-hybridized carbons (Fsp3) is 0.571. The van der Waals surface area contributed by atoms with Gasteiger partial charge >= 0.3 is 0 Å². The maximum Gasteiger partial charge on any atom is 0.255 e. The molecule has 0 radical (unpaired) electrons. The number of carbonyl (C=O) groups excluding carboxylic acids is 1. The van der Waals surface area contributed by atoms with E-state index in [9.17, 15) is 4.79 Å². The molecule has 0 spiro atoms. The molecular weight excluding hydrogens is 258 g/mol. The van der Waals surface area contributed by atoms with Gasteiger partial charge in [-0.05, 0) is 38.7 Å². The summed E-state index contributed by atoms with van der Waals surface area (Å²) < 4.78 is 0.0366. The number of amides is 1. The van der Waals surface area contributed by atoms with Crippen LogP contribution in [0.4, 0.5) is 5.82 Å². The molecule has 1 rings (SSSR count). The van der Waals surface area contributed by atoms with Gasteiger partial charge in [-0.2, -0.15) is 11.8 Å². The molecule has 5 heteroatoms. The monoisotopic (exact) mass is 281 g/mol. The van der Waals surface area contributed by atoms with Crippen LogP contribution in [0.5, 0.6) is 0 Å². The van der Waals surface area contributed by atoms with Crippen LogP contribution in [0.15, 0.2) is 18.3 Å². The van der Waals surface area contributed by atoms with Crippen molar-refractivity contribution in [1.29, 1.82) is 0 Å². The third-order valence-corrected chi connectivity index (χ3v) is 4.07. The quantitative estimate of drug-likeness (QED) is 0.807. The summed E-state index contributed by atoms with van der Waals surface area (Å²) in [5.74, 6) is 0.581.